The predicted octanol–water partition coefficient (Wildman–Crippen LogP) is 4.62. The van der Waals surface area contributed by atoms with Gasteiger partial charge in [-0.25, -0.2) is 4.98 Å². The van der Waals surface area contributed by atoms with Gasteiger partial charge in [-0.15, -0.1) is 0 Å². The van der Waals surface area contributed by atoms with Crippen LogP contribution in [0.25, 0.3) is 0 Å². The lowest BCUT2D eigenvalue weighted by molar-refractivity contribution is 0.947. The molecule has 112 valence electrons. The minimum atomic E-state index is 0.639. The van der Waals surface area contributed by atoms with Crippen molar-refractivity contribution in [1.29, 1.82) is 0 Å². The van der Waals surface area contributed by atoms with Crippen LogP contribution in [0.1, 0.15) is 30.2 Å². The zero-order chi connectivity index (χ0) is 15.4. The van der Waals surface area contributed by atoms with Crippen LogP contribution < -0.4 is 10.6 Å². The molecule has 1 aromatic heterocycles. The Morgan fingerprint density at radius 3 is 2.52 bits per heavy atom. The molecule has 0 unspecified atom stereocenters. The first kappa shape index (κ1) is 15.6. The molecule has 21 heavy (non-hydrogen) atoms. The number of benzene rings is 1. The van der Waals surface area contributed by atoms with Gasteiger partial charge in [0, 0.05) is 18.3 Å². The summed E-state index contributed by atoms with van der Waals surface area (Å²) in [6, 6.07) is 5.95. The minimum absolute atomic E-state index is 0.639. The molecule has 0 atom stereocenters. The van der Waals surface area contributed by atoms with Gasteiger partial charge in [0.05, 0.1) is 10.7 Å². The number of rotatable bonds is 5. The van der Waals surface area contributed by atoms with Gasteiger partial charge in [0.15, 0.2) is 0 Å². The van der Waals surface area contributed by atoms with Crippen LogP contribution in [-0.4, -0.2) is 16.5 Å². The van der Waals surface area contributed by atoms with Crippen LogP contribution in [0.5, 0.6) is 0 Å². The van der Waals surface area contributed by atoms with Crippen molar-refractivity contribution in [1.82, 2.24) is 9.97 Å². The van der Waals surface area contributed by atoms with Crippen LogP contribution in [0, 0.1) is 20.8 Å². The Morgan fingerprint density at radius 1 is 1.10 bits per heavy atom. The number of aromatic nitrogens is 2. The summed E-state index contributed by atoms with van der Waals surface area (Å²) in [6.07, 6.45) is 1.03. The second kappa shape index (κ2) is 6.76. The van der Waals surface area contributed by atoms with Gasteiger partial charge in [-0.2, -0.15) is 4.98 Å². The summed E-state index contributed by atoms with van der Waals surface area (Å²) in [6.45, 7) is 8.98. The van der Waals surface area contributed by atoms with E-state index in [-0.39, 0.29) is 0 Å². The largest absolute Gasteiger partial charge is 0.354 e. The minimum Gasteiger partial charge on any atom is -0.354 e. The van der Waals surface area contributed by atoms with Crippen molar-refractivity contribution in [2.45, 2.75) is 34.1 Å². The summed E-state index contributed by atoms with van der Waals surface area (Å²) in [5, 5.41) is 7.21. The van der Waals surface area contributed by atoms with Gasteiger partial charge in [0.25, 0.3) is 0 Å². The second-order valence-corrected chi connectivity index (χ2v) is 5.62. The average molecular weight is 305 g/mol. The molecule has 0 amide bonds. The zero-order valence-corrected chi connectivity index (χ0v) is 13.7. The van der Waals surface area contributed by atoms with Crippen LogP contribution in [0.2, 0.25) is 5.02 Å². The highest BCUT2D eigenvalue weighted by Gasteiger charge is 2.08. The SMILES string of the molecule is CCCNc1nc(C)cc(Nc2c(C)cc(C)cc2Cl)n1. The molecule has 1 heterocycles. The predicted molar refractivity (Wildman–Crippen MR) is 89.8 cm³/mol. The molecule has 2 rings (SSSR count). The first-order chi connectivity index (χ1) is 9.99. The highest BCUT2D eigenvalue weighted by molar-refractivity contribution is 6.33. The topological polar surface area (TPSA) is 49.8 Å². The molecule has 0 radical (unpaired) electrons. The number of halogens is 1. The monoisotopic (exact) mass is 304 g/mol. The van der Waals surface area contributed by atoms with Crippen LogP contribution in [-0.2, 0) is 0 Å². The van der Waals surface area contributed by atoms with Gasteiger partial charge in [0.2, 0.25) is 5.95 Å². The Hall–Kier alpha value is -1.81. The average Bonchev–Trinajstić information content (AvgIpc) is 2.40. The molecule has 5 heteroatoms. The molecule has 4 nitrogen and oxygen atoms in total. The van der Waals surface area contributed by atoms with E-state index in [0.717, 1.165) is 41.3 Å². The number of nitrogens with zero attached hydrogens (tertiary/aromatic N) is 2. The van der Waals surface area contributed by atoms with Crippen molar-refractivity contribution in [2.24, 2.45) is 0 Å². The maximum atomic E-state index is 6.33. The Labute approximate surface area is 131 Å². The molecule has 0 spiro atoms. The first-order valence-corrected chi connectivity index (χ1v) is 7.50. The number of hydrogen-bond acceptors (Lipinski definition) is 4. The number of aryl methyl sites for hydroxylation is 3. The van der Waals surface area contributed by atoms with E-state index in [1.54, 1.807) is 0 Å². The summed E-state index contributed by atoms with van der Waals surface area (Å²) in [5.74, 6) is 1.38. The number of anilines is 3. The van der Waals surface area contributed by atoms with Gasteiger partial charge in [0.1, 0.15) is 5.82 Å². The molecule has 0 bridgehead atoms. The van der Waals surface area contributed by atoms with E-state index < -0.39 is 0 Å². The molecular formula is C16H21ClN4. The molecular weight excluding hydrogens is 284 g/mol. The Bertz CT molecular complexity index is 617. The molecule has 0 aliphatic carbocycles. The van der Waals surface area contributed by atoms with Crippen molar-refractivity contribution in [3.63, 3.8) is 0 Å². The fraction of sp³-hybridized carbons (Fsp3) is 0.375. The molecule has 2 N–H and O–H groups in total. The van der Waals surface area contributed by atoms with Crippen LogP contribution >= 0.6 is 11.6 Å². The van der Waals surface area contributed by atoms with Crippen molar-refractivity contribution in [3.8, 4) is 0 Å². The van der Waals surface area contributed by atoms with E-state index in [2.05, 4.69) is 33.6 Å². The van der Waals surface area contributed by atoms with Crippen molar-refractivity contribution in [2.75, 3.05) is 17.2 Å². The Kier molecular flexibility index (Phi) is 5.02. The van der Waals surface area contributed by atoms with Crippen molar-refractivity contribution in [3.05, 3.63) is 40.0 Å². The maximum absolute atomic E-state index is 6.33. The molecule has 0 saturated heterocycles. The summed E-state index contributed by atoms with van der Waals surface area (Å²) in [5.41, 5.74) is 4.04. The van der Waals surface area contributed by atoms with E-state index in [0.29, 0.717) is 11.0 Å². The molecule has 2 aromatic rings. The number of hydrogen-bond donors (Lipinski definition) is 2. The third kappa shape index (κ3) is 4.08. The van der Waals surface area contributed by atoms with Gasteiger partial charge >= 0.3 is 0 Å². The van der Waals surface area contributed by atoms with Gasteiger partial charge in [-0.3, -0.25) is 0 Å². The lowest BCUT2D eigenvalue weighted by atomic mass is 10.1. The Morgan fingerprint density at radius 2 is 1.86 bits per heavy atom. The zero-order valence-electron chi connectivity index (χ0n) is 12.9. The molecule has 0 fully saturated rings. The third-order valence-electron chi connectivity index (χ3n) is 3.07. The van der Waals surface area contributed by atoms with Gasteiger partial charge < -0.3 is 10.6 Å². The molecule has 0 aliphatic rings. The van der Waals surface area contributed by atoms with Gasteiger partial charge in [-0.1, -0.05) is 24.6 Å². The maximum Gasteiger partial charge on any atom is 0.224 e. The third-order valence-corrected chi connectivity index (χ3v) is 3.37. The van der Waals surface area contributed by atoms with Crippen molar-refractivity contribution >= 4 is 29.1 Å². The summed E-state index contributed by atoms with van der Waals surface area (Å²) in [4.78, 5) is 8.86. The van der Waals surface area contributed by atoms with E-state index in [1.807, 2.05) is 32.9 Å². The Balaban J connectivity index is 2.29. The number of nitrogens with one attached hydrogen (secondary N) is 2. The fourth-order valence-corrected chi connectivity index (χ4v) is 2.52. The molecule has 0 saturated carbocycles. The van der Waals surface area contributed by atoms with E-state index in [1.165, 1.54) is 0 Å². The first-order valence-electron chi connectivity index (χ1n) is 7.13. The summed E-state index contributed by atoms with van der Waals surface area (Å²) < 4.78 is 0. The van der Waals surface area contributed by atoms with Crippen molar-refractivity contribution < 1.29 is 0 Å². The van der Waals surface area contributed by atoms with Crippen LogP contribution in [0.15, 0.2) is 18.2 Å². The van der Waals surface area contributed by atoms with Crippen LogP contribution in [0.4, 0.5) is 17.5 Å². The summed E-state index contributed by atoms with van der Waals surface area (Å²) >= 11 is 6.33. The van der Waals surface area contributed by atoms with E-state index in [9.17, 15) is 0 Å². The highest BCUT2D eigenvalue weighted by Crippen LogP contribution is 2.30. The molecule has 1 aromatic carbocycles. The highest BCUT2D eigenvalue weighted by atomic mass is 35.5. The van der Waals surface area contributed by atoms with Gasteiger partial charge in [-0.05, 0) is 44.4 Å². The lowest BCUT2D eigenvalue weighted by Gasteiger charge is -2.13. The summed E-state index contributed by atoms with van der Waals surface area (Å²) in [7, 11) is 0. The van der Waals surface area contributed by atoms with E-state index >= 15 is 0 Å². The standard InChI is InChI=1S/C16H21ClN4/c1-5-6-18-16-19-12(4)9-14(21-16)20-15-11(3)7-10(2)8-13(15)17/h7-9H,5-6H2,1-4H3,(H2,18,19,20,21). The van der Waals surface area contributed by atoms with Crippen LogP contribution in [0.3, 0.4) is 0 Å². The quantitative estimate of drug-likeness (QED) is 0.846. The normalized spacial score (nSPS) is 10.5. The van der Waals surface area contributed by atoms with E-state index in [4.69, 9.17) is 11.6 Å². The lowest BCUT2D eigenvalue weighted by Crippen LogP contribution is -2.07. The fourth-order valence-electron chi connectivity index (χ4n) is 2.15. The second-order valence-electron chi connectivity index (χ2n) is 5.21. The smallest absolute Gasteiger partial charge is 0.224 e. The molecule has 0 aliphatic heterocycles.